The second kappa shape index (κ2) is 49.1. The van der Waals surface area contributed by atoms with Gasteiger partial charge in [0.25, 0.3) is 0 Å². The Morgan fingerprint density at radius 3 is 1.56 bits per heavy atom. The second-order valence-electron chi connectivity index (χ2n) is 34.3. The predicted molar refractivity (Wildman–Crippen MR) is 488 cm³/mol. The van der Waals surface area contributed by atoms with E-state index in [0.29, 0.717) is 64.2 Å². The van der Waals surface area contributed by atoms with E-state index >= 15 is 38.4 Å². The second-order valence-corrected chi connectivity index (χ2v) is 35.3. The molecule has 0 saturated carbocycles. The van der Waals surface area contributed by atoms with Gasteiger partial charge >= 0.3 is 0 Å². The molecule has 9 rings (SSSR count). The number of H-pyrrole nitrogens is 3. The molecule has 3 saturated heterocycles. The standard InChI is InChI=1S/C90H124N22O20S/c1-9-11-23-69-83(125)101-61(35-49(3)4)79(121)107-68(78(120)97-44-75(93)117)46-133-47-76(118)99-64(36-51-27-29-55(114)30-28-51)86(128)108(6)50(5)77(119)104-66(40-74(92)116)89(131)112-34-18-26-71(112)85(127)103-63(39-54-43-94-48-98-54)81(123)100-60(31-32-73(91)115)88(130)111-33-17-25-70(111)84(126)102-62(37-52-41-95-58-21-15-13-19-56(52)58)80(122)106-67(45-113)82(124)105-65(38-53-42-96-59-22-16-14-20-57(53)59)87(129)110(8)72(24-12-10-2)90(132)109(69)7/h13-16,19-22,27-30,41-43,48-50,60-72,95-96,113-114H,9-12,17-18,23-26,31-40,44-47H2,1-8H3,(H2,91,115)(H2,92,116)(H2,93,117)(H,94,98)(H,97,120)(H,99,118)(H,100,123)(H,101,125)(H,102,126)(H,103,127)(H,104,119)(H,105,124)(H,106,122)(H,107,121)/t50-,60-,61-,62-,63-,64-,65-,66-,67-,68-,69-,70-,71-,72-/m0/s1. The van der Waals surface area contributed by atoms with Crippen molar-refractivity contribution in [1.82, 2.24) is 97.6 Å². The number of benzene rings is 3. The largest absolute Gasteiger partial charge is 0.508 e. The molecule has 3 fully saturated rings. The van der Waals surface area contributed by atoms with Crippen molar-refractivity contribution in [2.45, 2.75) is 235 Å². The SMILES string of the molecule is CCCC[C@H]1C(=O)N(C)[C@@H](CCCC)C(=O)N[C@@H](CC(C)C)C(=O)N[C@H](C(=O)NCC(N)=O)CSCC(=O)N[C@@H](Cc2ccc(O)cc2)C(=O)N(C)[C@@H](C)C(=O)N[C@@H](CC(N)=O)C(=O)N2CCC[C@H]2C(=O)N[C@@H](Cc2cnc[nH]2)C(=O)N[C@@H](CCC(N)=O)C(=O)N2CCC[C@H]2C(=O)N[C@@H](Cc2c[nH]c3ccccc23)C(=O)N[C@@H](CO)C(=O)N[C@@H](Cc2c[nH]c3ccccc23)C(=O)N1C. The summed E-state index contributed by atoms with van der Waals surface area (Å²) >= 11 is 0.791. The van der Waals surface area contributed by atoms with Gasteiger partial charge in [0.1, 0.15) is 90.3 Å². The Bertz CT molecular complexity index is 5160. The molecule has 0 bridgehead atoms. The summed E-state index contributed by atoms with van der Waals surface area (Å²) in [6.45, 7) is 6.47. The van der Waals surface area contributed by atoms with Crippen LogP contribution in [0.3, 0.4) is 0 Å². The number of nitrogens with one attached hydrogen (secondary N) is 13. The van der Waals surface area contributed by atoms with E-state index in [0.717, 1.165) is 31.4 Å². The molecule has 720 valence electrons. The number of rotatable bonds is 25. The molecule has 43 heteroatoms. The summed E-state index contributed by atoms with van der Waals surface area (Å²) in [6, 6.07) is -1.85. The van der Waals surface area contributed by atoms with E-state index in [4.69, 9.17) is 17.2 Å². The average Bonchev–Trinajstić information content (AvgIpc) is 1.75. The monoisotopic (exact) mass is 1860 g/mol. The van der Waals surface area contributed by atoms with Gasteiger partial charge in [-0.3, -0.25) is 86.3 Å². The number of aromatic nitrogens is 4. The van der Waals surface area contributed by atoms with Crippen molar-refractivity contribution >= 4 is 140 Å². The van der Waals surface area contributed by atoms with Gasteiger partial charge in [0.15, 0.2) is 0 Å². The Kier molecular flexibility index (Phi) is 38.1. The number of carbonyl (C=O) groups is 18. The van der Waals surface area contributed by atoms with E-state index in [9.17, 15) is 58.2 Å². The molecular weight excluding hydrogens is 1740 g/mol. The summed E-state index contributed by atoms with van der Waals surface area (Å²) in [5, 5.41) is 49.2. The van der Waals surface area contributed by atoms with Crippen molar-refractivity contribution in [3.63, 3.8) is 0 Å². The summed E-state index contributed by atoms with van der Waals surface area (Å²) in [5.74, 6) is -18.1. The zero-order valence-corrected chi connectivity index (χ0v) is 76.8. The van der Waals surface area contributed by atoms with Crippen LogP contribution in [0.15, 0.2) is 97.7 Å². The summed E-state index contributed by atoms with van der Waals surface area (Å²) in [7, 11) is 3.95. The van der Waals surface area contributed by atoms with Crippen LogP contribution in [0.2, 0.25) is 0 Å². The first-order valence-corrected chi connectivity index (χ1v) is 45.9. The lowest BCUT2D eigenvalue weighted by atomic mass is 9.99. The van der Waals surface area contributed by atoms with E-state index in [2.05, 4.69) is 73.1 Å². The number of hydrogen-bond donors (Lipinski definition) is 18. The van der Waals surface area contributed by atoms with Crippen LogP contribution >= 0.6 is 11.8 Å². The number of phenolic OH excluding ortho intramolecular Hbond substituents is 1. The van der Waals surface area contributed by atoms with Crippen LogP contribution in [-0.2, 0) is 112 Å². The smallest absolute Gasteiger partial charge is 0.246 e. The number of aromatic hydroxyl groups is 1. The molecule has 3 aliphatic heterocycles. The van der Waals surface area contributed by atoms with E-state index < -0.39 is 235 Å². The number of hydrogen-bond acceptors (Lipinski definition) is 22. The highest BCUT2D eigenvalue weighted by Crippen LogP contribution is 2.28. The van der Waals surface area contributed by atoms with E-state index in [1.807, 2.05) is 13.8 Å². The number of thioether (sulfide) groups is 1. The lowest BCUT2D eigenvalue weighted by molar-refractivity contribution is -0.149. The Hall–Kier alpha value is -13.5. The first-order chi connectivity index (χ1) is 63.4. The molecule has 3 aliphatic rings. The van der Waals surface area contributed by atoms with Crippen LogP contribution in [-0.4, -0.2) is 304 Å². The van der Waals surface area contributed by atoms with Crippen molar-refractivity contribution < 1.29 is 96.5 Å². The quantitative estimate of drug-likeness (QED) is 0.0298. The molecular formula is C90H124N22O20S. The number of para-hydroxylation sites is 2. The van der Waals surface area contributed by atoms with Crippen LogP contribution < -0.4 is 70.4 Å². The maximum Gasteiger partial charge on any atom is 0.246 e. The normalized spacial score (nSPS) is 24.4. The summed E-state index contributed by atoms with van der Waals surface area (Å²) in [4.78, 5) is 281. The number of likely N-dealkylation sites (N-methyl/N-ethyl adjacent to an activating group) is 3. The van der Waals surface area contributed by atoms with Gasteiger partial charge in [0.2, 0.25) is 106 Å². The Morgan fingerprint density at radius 2 is 1.01 bits per heavy atom. The van der Waals surface area contributed by atoms with Gasteiger partial charge in [0, 0.05) is 118 Å². The lowest BCUT2D eigenvalue weighted by Crippen LogP contribution is -2.62. The number of nitrogens with two attached hydrogens (primary N) is 3. The third-order valence-electron chi connectivity index (χ3n) is 24.0. The summed E-state index contributed by atoms with van der Waals surface area (Å²) < 4.78 is 0. The minimum absolute atomic E-state index is 0.0159. The minimum Gasteiger partial charge on any atom is -0.508 e. The molecule has 42 nitrogen and oxygen atoms in total. The number of amides is 18. The Morgan fingerprint density at radius 1 is 0.511 bits per heavy atom. The minimum atomic E-state index is -1.87. The van der Waals surface area contributed by atoms with Crippen LogP contribution in [0.4, 0.5) is 0 Å². The van der Waals surface area contributed by atoms with Gasteiger partial charge in [-0.1, -0.05) is 102 Å². The number of fused-ring (bicyclic) bond motifs is 4. The van der Waals surface area contributed by atoms with E-state index in [1.165, 1.54) is 69.8 Å². The van der Waals surface area contributed by atoms with Gasteiger partial charge in [-0.2, -0.15) is 0 Å². The Labute approximate surface area is 772 Å². The molecule has 6 aromatic rings. The number of aliphatic hydroxyl groups is 1. The molecule has 14 atom stereocenters. The Balaban J connectivity index is 1.09. The number of unbranched alkanes of at least 4 members (excludes halogenated alkanes) is 2. The van der Waals surface area contributed by atoms with Crippen LogP contribution in [0.5, 0.6) is 5.75 Å². The van der Waals surface area contributed by atoms with Crippen molar-refractivity contribution in [1.29, 1.82) is 0 Å². The molecule has 0 unspecified atom stereocenters. The number of carbonyl (C=O) groups excluding carboxylic acids is 18. The maximum atomic E-state index is 15.7. The predicted octanol–water partition coefficient (Wildman–Crippen LogP) is -1.90. The van der Waals surface area contributed by atoms with Gasteiger partial charge < -0.3 is 120 Å². The molecule has 0 radical (unpaired) electrons. The lowest BCUT2D eigenvalue weighted by Gasteiger charge is -2.36. The van der Waals surface area contributed by atoms with Gasteiger partial charge in [-0.25, -0.2) is 4.98 Å². The number of primary amides is 3. The van der Waals surface area contributed by atoms with Gasteiger partial charge in [-0.05, 0) is 105 Å². The molecule has 6 heterocycles. The first kappa shape index (κ1) is 103. The average molecular weight is 1870 g/mol. The molecule has 18 amide bonds. The van der Waals surface area contributed by atoms with E-state index in [1.54, 1.807) is 74.8 Å². The third-order valence-corrected chi connectivity index (χ3v) is 25.0. The zero-order valence-electron chi connectivity index (χ0n) is 75.9. The summed E-state index contributed by atoms with van der Waals surface area (Å²) in [5.41, 5.74) is 19.8. The highest BCUT2D eigenvalue weighted by atomic mass is 32.2. The van der Waals surface area contributed by atoms with Crippen molar-refractivity contribution in [2.75, 3.05) is 58.9 Å². The third kappa shape index (κ3) is 28.5. The number of aliphatic hydroxyl groups excluding tert-OH is 1. The number of aromatic amines is 3. The van der Waals surface area contributed by atoms with Gasteiger partial charge in [0.05, 0.1) is 31.7 Å². The van der Waals surface area contributed by atoms with Crippen LogP contribution in [0, 0.1) is 5.92 Å². The number of imidazole rings is 1. The topological polar surface area (TPSA) is 623 Å². The number of phenols is 1. The van der Waals surface area contributed by atoms with Crippen molar-refractivity contribution in [2.24, 2.45) is 23.1 Å². The molecule has 21 N–H and O–H groups in total. The highest BCUT2D eigenvalue weighted by molar-refractivity contribution is 8.00. The molecule has 133 heavy (non-hydrogen) atoms. The molecule has 3 aromatic carbocycles. The van der Waals surface area contributed by atoms with Crippen molar-refractivity contribution in [3.8, 4) is 5.75 Å². The van der Waals surface area contributed by atoms with Crippen LogP contribution in [0.1, 0.15) is 147 Å². The van der Waals surface area contributed by atoms with Gasteiger partial charge in [-0.15, -0.1) is 11.8 Å². The highest BCUT2D eigenvalue weighted by Gasteiger charge is 2.46. The zero-order chi connectivity index (χ0) is 97.0. The molecule has 3 aromatic heterocycles. The fourth-order valence-electron chi connectivity index (χ4n) is 16.5. The molecule has 0 aliphatic carbocycles. The fourth-order valence-corrected chi connectivity index (χ4v) is 17.4. The van der Waals surface area contributed by atoms with Crippen molar-refractivity contribution in [3.05, 3.63) is 120 Å². The maximum absolute atomic E-state index is 15.7. The molecule has 0 spiro atoms. The van der Waals surface area contributed by atoms with E-state index in [-0.39, 0.29) is 101 Å². The number of nitrogens with zero attached hydrogens (tertiary/aromatic N) is 6. The fraction of sp³-hybridized carbons (Fsp3) is 0.522. The summed E-state index contributed by atoms with van der Waals surface area (Å²) in [6.07, 6.45) is 5.01. The first-order valence-electron chi connectivity index (χ1n) is 44.7. The van der Waals surface area contributed by atoms with Crippen LogP contribution in [0.25, 0.3) is 21.8 Å².